The van der Waals surface area contributed by atoms with E-state index in [0.29, 0.717) is 5.78 Å². The van der Waals surface area contributed by atoms with Gasteiger partial charge in [0.15, 0.2) is 0 Å². The van der Waals surface area contributed by atoms with Gasteiger partial charge in [0, 0.05) is 11.3 Å². The number of rotatable bonds is 1. The van der Waals surface area contributed by atoms with Crippen molar-refractivity contribution in [3.05, 3.63) is 22.4 Å². The van der Waals surface area contributed by atoms with Crippen LogP contribution in [-0.4, -0.2) is 5.78 Å². The normalized spacial score (nSPS) is 24.2. The molecule has 0 amide bonds. The van der Waals surface area contributed by atoms with Gasteiger partial charge in [-0.3, -0.25) is 4.79 Å². The van der Waals surface area contributed by atoms with Crippen LogP contribution >= 0.6 is 11.3 Å². The summed E-state index contributed by atoms with van der Waals surface area (Å²) in [6, 6.07) is 4.11. The van der Waals surface area contributed by atoms with E-state index in [0.717, 1.165) is 19.3 Å². The first-order chi connectivity index (χ1) is 8.38. The van der Waals surface area contributed by atoms with Crippen LogP contribution < -0.4 is 0 Å². The summed E-state index contributed by atoms with van der Waals surface area (Å²) in [5, 5.41) is 2.05. The lowest BCUT2D eigenvalue weighted by atomic mass is 9.87. The van der Waals surface area contributed by atoms with Gasteiger partial charge >= 0.3 is 0 Å². The Morgan fingerprint density at radius 3 is 2.24 bits per heavy atom. The van der Waals surface area contributed by atoms with Gasteiger partial charge < -0.3 is 0 Å². The maximum absolute atomic E-state index is 11.5. The van der Waals surface area contributed by atoms with Crippen LogP contribution in [0, 0.1) is 0 Å². The molecule has 0 bridgehead atoms. The lowest BCUT2D eigenvalue weighted by molar-refractivity contribution is -0.121. The molecule has 1 aromatic heterocycles. The molecule has 1 atom stereocenters. The van der Waals surface area contributed by atoms with Crippen molar-refractivity contribution in [3.8, 4) is 0 Å². The van der Waals surface area contributed by atoms with Gasteiger partial charge in [-0.25, -0.2) is 0 Å². The van der Waals surface area contributed by atoms with E-state index in [-0.39, 0.29) is 5.92 Å². The number of ketones is 1. The summed E-state index contributed by atoms with van der Waals surface area (Å²) in [6.45, 7) is 0. The SMILES string of the molecule is C1CCCC1.O=C1CCCCC1c1cccs1. The molecule has 0 radical (unpaired) electrons. The highest BCUT2D eigenvalue weighted by Crippen LogP contribution is 2.32. The third kappa shape index (κ3) is 3.95. The van der Waals surface area contributed by atoms with Crippen LogP contribution in [0.2, 0.25) is 0 Å². The molecular formula is C15H22OS. The van der Waals surface area contributed by atoms with Crippen molar-refractivity contribution >= 4 is 17.1 Å². The fourth-order valence-corrected chi connectivity index (χ4v) is 3.54. The second-order valence-electron chi connectivity index (χ2n) is 5.05. The minimum Gasteiger partial charge on any atom is -0.299 e. The fraction of sp³-hybridized carbons (Fsp3) is 0.667. The number of carbonyl (C=O) groups is 1. The van der Waals surface area contributed by atoms with E-state index in [9.17, 15) is 4.79 Å². The second-order valence-corrected chi connectivity index (χ2v) is 6.03. The lowest BCUT2D eigenvalue weighted by Gasteiger charge is -2.18. The number of thiophene rings is 1. The summed E-state index contributed by atoms with van der Waals surface area (Å²) < 4.78 is 0. The smallest absolute Gasteiger partial charge is 0.141 e. The van der Waals surface area contributed by atoms with Gasteiger partial charge in [0.05, 0.1) is 5.92 Å². The molecule has 17 heavy (non-hydrogen) atoms. The number of hydrogen-bond donors (Lipinski definition) is 0. The summed E-state index contributed by atoms with van der Waals surface area (Å²) in [7, 11) is 0. The molecule has 0 aromatic carbocycles. The van der Waals surface area contributed by atoms with Crippen molar-refractivity contribution < 1.29 is 4.79 Å². The number of carbonyl (C=O) groups excluding carboxylic acids is 1. The molecule has 94 valence electrons. The third-order valence-corrected chi connectivity index (χ3v) is 4.68. The van der Waals surface area contributed by atoms with Crippen LogP contribution in [-0.2, 0) is 4.79 Å². The lowest BCUT2D eigenvalue weighted by Crippen LogP contribution is -2.15. The Labute approximate surface area is 108 Å². The van der Waals surface area contributed by atoms with E-state index in [1.807, 2.05) is 6.07 Å². The van der Waals surface area contributed by atoms with Crippen LogP contribution in [0.25, 0.3) is 0 Å². The molecule has 2 heteroatoms. The average Bonchev–Trinajstić information content (AvgIpc) is 3.06. The van der Waals surface area contributed by atoms with E-state index in [4.69, 9.17) is 0 Å². The Kier molecular flexibility index (Phi) is 5.24. The van der Waals surface area contributed by atoms with Gasteiger partial charge in [0.2, 0.25) is 0 Å². The molecule has 0 spiro atoms. The van der Waals surface area contributed by atoms with Gasteiger partial charge in [-0.15, -0.1) is 11.3 Å². The van der Waals surface area contributed by atoms with E-state index in [1.54, 1.807) is 11.3 Å². The quantitative estimate of drug-likeness (QED) is 0.691. The van der Waals surface area contributed by atoms with Crippen LogP contribution in [0.3, 0.4) is 0 Å². The Bertz CT molecular complexity index is 317. The summed E-state index contributed by atoms with van der Waals surface area (Å²) >= 11 is 1.71. The van der Waals surface area contributed by atoms with Crippen molar-refractivity contribution in [2.24, 2.45) is 0 Å². The van der Waals surface area contributed by atoms with E-state index < -0.39 is 0 Å². The van der Waals surface area contributed by atoms with Gasteiger partial charge in [-0.05, 0) is 24.3 Å². The van der Waals surface area contributed by atoms with Crippen LogP contribution in [0.15, 0.2) is 17.5 Å². The average molecular weight is 250 g/mol. The van der Waals surface area contributed by atoms with Gasteiger partial charge in [-0.2, -0.15) is 0 Å². The summed E-state index contributed by atoms with van der Waals surface area (Å²) in [5.74, 6) is 0.683. The predicted molar refractivity (Wildman–Crippen MR) is 73.6 cm³/mol. The minimum atomic E-state index is 0.235. The molecule has 1 heterocycles. The minimum absolute atomic E-state index is 0.235. The Morgan fingerprint density at radius 2 is 1.71 bits per heavy atom. The number of Topliss-reactive ketones (excluding diaryl/α,β-unsaturated/α-hetero) is 1. The monoisotopic (exact) mass is 250 g/mol. The molecule has 2 aliphatic carbocycles. The summed E-state index contributed by atoms with van der Waals surface area (Å²) in [6.07, 6.45) is 11.7. The summed E-state index contributed by atoms with van der Waals surface area (Å²) in [5.41, 5.74) is 0. The van der Waals surface area contributed by atoms with Crippen molar-refractivity contribution in [3.63, 3.8) is 0 Å². The summed E-state index contributed by atoms with van der Waals surface area (Å²) in [4.78, 5) is 12.8. The molecule has 1 nitrogen and oxygen atoms in total. The molecule has 3 rings (SSSR count). The topological polar surface area (TPSA) is 17.1 Å². The molecular weight excluding hydrogens is 228 g/mol. The second kappa shape index (κ2) is 6.95. The molecule has 0 saturated heterocycles. The third-order valence-electron chi connectivity index (χ3n) is 3.69. The highest BCUT2D eigenvalue weighted by molar-refractivity contribution is 7.10. The van der Waals surface area contributed by atoms with Crippen LogP contribution in [0.5, 0.6) is 0 Å². The molecule has 2 fully saturated rings. The first-order valence-corrected chi connectivity index (χ1v) is 7.82. The molecule has 0 N–H and O–H groups in total. The van der Waals surface area contributed by atoms with Gasteiger partial charge in [0.1, 0.15) is 5.78 Å². The zero-order valence-corrected chi connectivity index (χ0v) is 11.3. The Balaban J connectivity index is 0.000000181. The van der Waals surface area contributed by atoms with Crippen molar-refractivity contribution in [2.45, 2.75) is 63.7 Å². The highest BCUT2D eigenvalue weighted by Gasteiger charge is 2.23. The molecule has 2 aliphatic rings. The first kappa shape index (κ1) is 12.8. The zero-order chi connectivity index (χ0) is 11.9. The highest BCUT2D eigenvalue weighted by atomic mass is 32.1. The van der Waals surface area contributed by atoms with E-state index >= 15 is 0 Å². The van der Waals surface area contributed by atoms with E-state index in [1.165, 1.54) is 43.4 Å². The standard InChI is InChI=1S/C10H12OS.C5H10/c11-9-5-2-1-4-8(9)10-6-3-7-12-10;1-2-4-5-3-1/h3,6-8H,1-2,4-5H2;1-5H2. The number of hydrogen-bond acceptors (Lipinski definition) is 2. The van der Waals surface area contributed by atoms with Crippen LogP contribution in [0.4, 0.5) is 0 Å². The molecule has 1 aromatic rings. The predicted octanol–water partition coefficient (Wildman–Crippen LogP) is 4.93. The zero-order valence-electron chi connectivity index (χ0n) is 10.5. The van der Waals surface area contributed by atoms with Crippen molar-refractivity contribution in [1.29, 1.82) is 0 Å². The van der Waals surface area contributed by atoms with Crippen LogP contribution in [0.1, 0.15) is 68.6 Å². The van der Waals surface area contributed by atoms with Gasteiger partial charge in [-0.1, -0.05) is 44.6 Å². The maximum Gasteiger partial charge on any atom is 0.141 e. The molecule has 1 unspecified atom stereocenters. The molecule has 2 saturated carbocycles. The Hall–Kier alpha value is -0.630. The fourth-order valence-electron chi connectivity index (χ4n) is 2.66. The first-order valence-electron chi connectivity index (χ1n) is 6.94. The van der Waals surface area contributed by atoms with Crippen molar-refractivity contribution in [1.82, 2.24) is 0 Å². The van der Waals surface area contributed by atoms with Gasteiger partial charge in [0.25, 0.3) is 0 Å². The largest absolute Gasteiger partial charge is 0.299 e. The maximum atomic E-state index is 11.5. The van der Waals surface area contributed by atoms with Crippen molar-refractivity contribution in [2.75, 3.05) is 0 Å². The van der Waals surface area contributed by atoms with E-state index in [2.05, 4.69) is 11.4 Å². The molecule has 0 aliphatic heterocycles. The Morgan fingerprint density at radius 1 is 1.00 bits per heavy atom.